The molecule has 1 aromatic heterocycles. The van der Waals surface area contributed by atoms with Gasteiger partial charge >= 0.3 is 0 Å². The van der Waals surface area contributed by atoms with Crippen LogP contribution in [0.25, 0.3) is 88.1 Å². The van der Waals surface area contributed by atoms with E-state index < -0.39 is 0 Å². The van der Waals surface area contributed by atoms with Crippen LogP contribution < -0.4 is 0 Å². The SMILES string of the molecule is Cc1c(-c2ccc(-c3nc(-c4ccccc4)cc(-c4ccc5c(ccc6ccccc65)c4)n3)cc2)c2ccccc2c2ccccc12. The second-order valence-electron chi connectivity index (χ2n) is 12.2. The number of rotatable bonds is 4. The molecule has 0 amide bonds. The third kappa shape index (κ3) is 4.65. The van der Waals surface area contributed by atoms with Crippen molar-refractivity contribution < 1.29 is 0 Å². The van der Waals surface area contributed by atoms with Gasteiger partial charge in [0.25, 0.3) is 0 Å². The first kappa shape index (κ1) is 27.2. The van der Waals surface area contributed by atoms with Gasteiger partial charge in [-0.3, -0.25) is 0 Å². The van der Waals surface area contributed by atoms with Crippen molar-refractivity contribution in [1.82, 2.24) is 9.97 Å². The van der Waals surface area contributed by atoms with E-state index in [-0.39, 0.29) is 0 Å². The molecule has 0 spiro atoms. The van der Waals surface area contributed by atoms with E-state index in [1.807, 2.05) is 6.07 Å². The zero-order valence-electron chi connectivity index (χ0n) is 26.0. The molecule has 2 nitrogen and oxygen atoms in total. The Hall–Kier alpha value is -6.12. The molecule has 220 valence electrons. The summed E-state index contributed by atoms with van der Waals surface area (Å²) >= 11 is 0. The first-order valence-corrected chi connectivity index (χ1v) is 16.1. The third-order valence-electron chi connectivity index (χ3n) is 9.46. The highest BCUT2D eigenvalue weighted by atomic mass is 14.9. The van der Waals surface area contributed by atoms with Crippen molar-refractivity contribution in [3.8, 4) is 45.0 Å². The number of nitrogens with zero attached hydrogens (tertiary/aromatic N) is 2. The zero-order chi connectivity index (χ0) is 31.3. The highest BCUT2D eigenvalue weighted by molar-refractivity contribution is 6.15. The topological polar surface area (TPSA) is 25.8 Å². The van der Waals surface area contributed by atoms with Gasteiger partial charge in [-0.15, -0.1) is 0 Å². The van der Waals surface area contributed by atoms with Crippen LogP contribution in [-0.2, 0) is 0 Å². The molecule has 0 N–H and O–H groups in total. The van der Waals surface area contributed by atoms with Crippen molar-refractivity contribution in [2.45, 2.75) is 6.92 Å². The second kappa shape index (κ2) is 11.0. The van der Waals surface area contributed by atoms with Crippen LogP contribution >= 0.6 is 0 Å². The van der Waals surface area contributed by atoms with Gasteiger partial charge in [0.15, 0.2) is 5.82 Å². The molecule has 0 bridgehead atoms. The Morgan fingerprint density at radius 3 is 1.64 bits per heavy atom. The number of aryl methyl sites for hydroxylation is 1. The van der Waals surface area contributed by atoms with Crippen molar-refractivity contribution >= 4 is 43.1 Å². The monoisotopic (exact) mass is 598 g/mol. The summed E-state index contributed by atoms with van der Waals surface area (Å²) in [7, 11) is 0. The molecule has 0 unspecified atom stereocenters. The summed E-state index contributed by atoms with van der Waals surface area (Å²) in [5.41, 5.74) is 8.70. The number of fused-ring (bicyclic) bond motifs is 6. The maximum atomic E-state index is 5.17. The summed E-state index contributed by atoms with van der Waals surface area (Å²) in [5, 5.41) is 10.1. The fourth-order valence-electron chi connectivity index (χ4n) is 7.13. The lowest BCUT2D eigenvalue weighted by molar-refractivity contribution is 1.18. The Labute approximate surface area is 273 Å². The van der Waals surface area contributed by atoms with Crippen LogP contribution in [0.5, 0.6) is 0 Å². The molecule has 8 aromatic carbocycles. The quantitative estimate of drug-likeness (QED) is 0.188. The Balaban J connectivity index is 1.18. The Kier molecular flexibility index (Phi) is 6.39. The first-order chi connectivity index (χ1) is 23.2. The largest absolute Gasteiger partial charge is 0.228 e. The average molecular weight is 599 g/mol. The Morgan fingerprint density at radius 2 is 0.872 bits per heavy atom. The van der Waals surface area contributed by atoms with Crippen molar-refractivity contribution in [3.63, 3.8) is 0 Å². The minimum atomic E-state index is 0.714. The van der Waals surface area contributed by atoms with Gasteiger partial charge in [-0.1, -0.05) is 152 Å². The molecule has 0 saturated heterocycles. The Bertz CT molecular complexity index is 2620. The zero-order valence-corrected chi connectivity index (χ0v) is 26.0. The number of aromatic nitrogens is 2. The molecular formula is C45H30N2. The maximum absolute atomic E-state index is 5.17. The molecule has 0 radical (unpaired) electrons. The standard InChI is InChI=1S/C45H30N2/c1-29-36-14-7-8-16-39(36)40-17-9-10-18-41(40)44(29)32-20-22-33(23-21-32)45-46-42(31-12-3-2-4-13-31)28-43(47-45)35-25-26-38-34(27-35)24-19-30-11-5-6-15-37(30)38/h2-28H,1H3. The van der Waals surface area contributed by atoms with E-state index >= 15 is 0 Å². The number of hydrogen-bond acceptors (Lipinski definition) is 2. The third-order valence-corrected chi connectivity index (χ3v) is 9.46. The highest BCUT2D eigenvalue weighted by Gasteiger charge is 2.15. The molecule has 47 heavy (non-hydrogen) atoms. The van der Waals surface area contributed by atoms with Gasteiger partial charge in [0, 0.05) is 16.7 Å². The van der Waals surface area contributed by atoms with Gasteiger partial charge in [-0.2, -0.15) is 0 Å². The fraction of sp³-hybridized carbons (Fsp3) is 0.0222. The molecule has 0 saturated carbocycles. The predicted molar refractivity (Wildman–Crippen MR) is 199 cm³/mol. The maximum Gasteiger partial charge on any atom is 0.160 e. The van der Waals surface area contributed by atoms with Crippen molar-refractivity contribution in [2.75, 3.05) is 0 Å². The van der Waals surface area contributed by atoms with Gasteiger partial charge in [0.05, 0.1) is 11.4 Å². The van der Waals surface area contributed by atoms with E-state index in [4.69, 9.17) is 9.97 Å². The Morgan fingerprint density at radius 1 is 0.340 bits per heavy atom. The van der Waals surface area contributed by atoms with Crippen LogP contribution in [0.15, 0.2) is 164 Å². The smallest absolute Gasteiger partial charge is 0.160 e. The second-order valence-corrected chi connectivity index (χ2v) is 12.2. The van der Waals surface area contributed by atoms with Crippen molar-refractivity contribution in [1.29, 1.82) is 0 Å². The lowest BCUT2D eigenvalue weighted by Gasteiger charge is -2.16. The molecule has 9 rings (SSSR count). The highest BCUT2D eigenvalue weighted by Crippen LogP contribution is 2.39. The van der Waals surface area contributed by atoms with Crippen LogP contribution in [0.3, 0.4) is 0 Å². The van der Waals surface area contributed by atoms with Gasteiger partial charge in [-0.05, 0) is 78.8 Å². The summed E-state index contributed by atoms with van der Waals surface area (Å²) in [6.07, 6.45) is 0. The molecule has 0 aliphatic rings. The summed E-state index contributed by atoms with van der Waals surface area (Å²) < 4.78 is 0. The van der Waals surface area contributed by atoms with Crippen molar-refractivity contribution in [2.24, 2.45) is 0 Å². The van der Waals surface area contributed by atoms with E-state index in [0.29, 0.717) is 5.82 Å². The lowest BCUT2D eigenvalue weighted by atomic mass is 9.88. The number of benzene rings is 8. The van der Waals surface area contributed by atoms with Gasteiger partial charge in [0.1, 0.15) is 0 Å². The van der Waals surface area contributed by atoms with E-state index in [0.717, 1.165) is 28.1 Å². The average Bonchev–Trinajstić information content (AvgIpc) is 3.15. The summed E-state index contributed by atoms with van der Waals surface area (Å²) in [6.45, 7) is 2.24. The summed E-state index contributed by atoms with van der Waals surface area (Å²) in [5.74, 6) is 0.714. The molecule has 2 heteroatoms. The molecule has 0 aliphatic heterocycles. The molecule has 0 atom stereocenters. The minimum Gasteiger partial charge on any atom is -0.228 e. The van der Waals surface area contributed by atoms with Gasteiger partial charge in [-0.25, -0.2) is 9.97 Å². The fourth-order valence-corrected chi connectivity index (χ4v) is 7.13. The molecule has 9 aromatic rings. The van der Waals surface area contributed by atoms with Crippen LogP contribution in [0, 0.1) is 6.92 Å². The van der Waals surface area contributed by atoms with Gasteiger partial charge < -0.3 is 0 Å². The first-order valence-electron chi connectivity index (χ1n) is 16.1. The van der Waals surface area contributed by atoms with Gasteiger partial charge in [0.2, 0.25) is 0 Å². The van der Waals surface area contributed by atoms with Crippen LogP contribution in [0.1, 0.15) is 5.56 Å². The summed E-state index contributed by atoms with van der Waals surface area (Å²) in [4.78, 5) is 10.3. The minimum absolute atomic E-state index is 0.714. The van der Waals surface area contributed by atoms with E-state index in [2.05, 4.69) is 165 Å². The normalized spacial score (nSPS) is 11.5. The lowest BCUT2D eigenvalue weighted by Crippen LogP contribution is -1.96. The van der Waals surface area contributed by atoms with Crippen LogP contribution in [0.4, 0.5) is 0 Å². The number of hydrogen-bond donors (Lipinski definition) is 0. The predicted octanol–water partition coefficient (Wildman–Crippen LogP) is 12.1. The van der Waals surface area contributed by atoms with E-state index in [1.165, 1.54) is 59.8 Å². The molecule has 1 heterocycles. The van der Waals surface area contributed by atoms with Crippen LogP contribution in [0.2, 0.25) is 0 Å². The van der Waals surface area contributed by atoms with E-state index in [1.54, 1.807) is 0 Å². The van der Waals surface area contributed by atoms with E-state index in [9.17, 15) is 0 Å². The molecular weight excluding hydrogens is 569 g/mol. The van der Waals surface area contributed by atoms with Crippen LogP contribution in [-0.4, -0.2) is 9.97 Å². The molecule has 0 aliphatic carbocycles. The summed E-state index contributed by atoms with van der Waals surface area (Å²) in [6, 6.07) is 58.3. The molecule has 0 fully saturated rings. The van der Waals surface area contributed by atoms with Crippen molar-refractivity contribution in [3.05, 3.63) is 169 Å².